The fraction of sp³-hybridized carbons (Fsp3) is 1.00. The lowest BCUT2D eigenvalue weighted by Gasteiger charge is -2.34. The van der Waals surface area contributed by atoms with Crippen molar-refractivity contribution in [2.45, 2.75) is 39.8 Å². The predicted molar refractivity (Wildman–Crippen MR) is 65.3 cm³/mol. The van der Waals surface area contributed by atoms with Crippen molar-refractivity contribution in [3.63, 3.8) is 0 Å². The van der Waals surface area contributed by atoms with Gasteiger partial charge in [0.05, 0.1) is 0 Å². The van der Waals surface area contributed by atoms with Gasteiger partial charge in [-0.05, 0) is 27.7 Å². The van der Waals surface area contributed by atoms with E-state index in [0.717, 1.165) is 26.2 Å². The van der Waals surface area contributed by atoms with Gasteiger partial charge in [-0.3, -0.25) is 9.80 Å². The molecule has 0 amide bonds. The number of piperazine rings is 1. The first-order valence-electron chi connectivity index (χ1n) is 6.22. The number of rotatable bonds is 5. The lowest BCUT2D eigenvalue weighted by Crippen LogP contribution is -2.46. The van der Waals surface area contributed by atoms with Crippen LogP contribution < -0.4 is 5.32 Å². The van der Waals surface area contributed by atoms with Crippen molar-refractivity contribution in [3.8, 4) is 0 Å². The van der Waals surface area contributed by atoms with Gasteiger partial charge in [0.1, 0.15) is 0 Å². The van der Waals surface area contributed by atoms with E-state index in [9.17, 15) is 0 Å². The molecular formula is C12H26N3. The fourth-order valence-electron chi connectivity index (χ4n) is 2.24. The van der Waals surface area contributed by atoms with Crippen LogP contribution in [-0.4, -0.2) is 61.2 Å². The summed E-state index contributed by atoms with van der Waals surface area (Å²) in [6.45, 7) is 15.9. The summed E-state index contributed by atoms with van der Waals surface area (Å²) in [5.41, 5.74) is 0. The standard InChI is InChI=1S/C12H26N3/c1-11(2)15(12(3)4)10-9-14-7-5-13-6-8-14/h11-12H,5-10H2,1-4H3. The molecule has 1 aliphatic rings. The highest BCUT2D eigenvalue weighted by Crippen LogP contribution is 2.05. The Bertz CT molecular complexity index is 154. The van der Waals surface area contributed by atoms with Crippen molar-refractivity contribution in [2.24, 2.45) is 0 Å². The smallest absolute Gasteiger partial charge is 0.0261 e. The molecule has 0 saturated carbocycles. The Hall–Kier alpha value is -0.120. The largest absolute Gasteiger partial charge is 0.299 e. The van der Waals surface area contributed by atoms with Gasteiger partial charge in [0, 0.05) is 51.4 Å². The van der Waals surface area contributed by atoms with E-state index in [1.54, 1.807) is 0 Å². The first-order valence-corrected chi connectivity index (χ1v) is 6.22. The summed E-state index contributed by atoms with van der Waals surface area (Å²) < 4.78 is 0. The molecule has 0 spiro atoms. The molecule has 0 unspecified atom stereocenters. The fourth-order valence-corrected chi connectivity index (χ4v) is 2.24. The molecule has 1 heterocycles. The summed E-state index contributed by atoms with van der Waals surface area (Å²) in [6.07, 6.45) is 0. The Balaban J connectivity index is 2.26. The molecule has 3 nitrogen and oxygen atoms in total. The third-order valence-corrected chi connectivity index (χ3v) is 3.15. The second-order valence-corrected chi connectivity index (χ2v) is 4.94. The van der Waals surface area contributed by atoms with Crippen LogP contribution in [0.1, 0.15) is 27.7 Å². The molecule has 0 aromatic carbocycles. The molecule has 0 bridgehead atoms. The molecule has 1 aliphatic heterocycles. The van der Waals surface area contributed by atoms with Crippen molar-refractivity contribution in [2.75, 3.05) is 39.3 Å². The number of nitrogens with zero attached hydrogens (tertiary/aromatic N) is 3. The third kappa shape index (κ3) is 4.49. The zero-order valence-electron chi connectivity index (χ0n) is 10.7. The number of hydrogen-bond acceptors (Lipinski definition) is 2. The van der Waals surface area contributed by atoms with Crippen molar-refractivity contribution in [1.82, 2.24) is 15.1 Å². The molecule has 0 aliphatic carbocycles. The first-order chi connectivity index (χ1) is 7.11. The van der Waals surface area contributed by atoms with Crippen LogP contribution in [0.5, 0.6) is 0 Å². The highest BCUT2D eigenvalue weighted by molar-refractivity contribution is 4.72. The van der Waals surface area contributed by atoms with Crippen molar-refractivity contribution in [3.05, 3.63) is 0 Å². The molecule has 1 rings (SSSR count). The van der Waals surface area contributed by atoms with Crippen LogP contribution in [-0.2, 0) is 0 Å². The molecule has 89 valence electrons. The Kier molecular flexibility index (Phi) is 5.58. The lowest BCUT2D eigenvalue weighted by atomic mass is 10.2. The van der Waals surface area contributed by atoms with E-state index < -0.39 is 0 Å². The Morgan fingerprint density at radius 3 is 2.07 bits per heavy atom. The highest BCUT2D eigenvalue weighted by atomic mass is 15.2. The summed E-state index contributed by atoms with van der Waals surface area (Å²) in [4.78, 5) is 5.09. The van der Waals surface area contributed by atoms with Gasteiger partial charge in [-0.1, -0.05) is 0 Å². The minimum atomic E-state index is 0.652. The van der Waals surface area contributed by atoms with Crippen LogP contribution in [0, 0.1) is 0 Å². The van der Waals surface area contributed by atoms with E-state index in [-0.39, 0.29) is 0 Å². The third-order valence-electron chi connectivity index (χ3n) is 3.15. The van der Waals surface area contributed by atoms with Crippen LogP contribution in [0.25, 0.3) is 0 Å². The van der Waals surface area contributed by atoms with Gasteiger partial charge in [-0.25, -0.2) is 5.32 Å². The van der Waals surface area contributed by atoms with E-state index in [0.29, 0.717) is 12.1 Å². The number of hydrogen-bond donors (Lipinski definition) is 0. The highest BCUT2D eigenvalue weighted by Gasteiger charge is 2.16. The molecule has 0 aromatic heterocycles. The van der Waals surface area contributed by atoms with E-state index >= 15 is 0 Å². The van der Waals surface area contributed by atoms with Gasteiger partial charge in [-0.2, -0.15) is 0 Å². The van der Waals surface area contributed by atoms with Crippen molar-refractivity contribution >= 4 is 0 Å². The lowest BCUT2D eigenvalue weighted by molar-refractivity contribution is 0.137. The van der Waals surface area contributed by atoms with E-state index in [1.807, 2.05) is 0 Å². The SMILES string of the molecule is CC(C)N(CCN1CC[N]CC1)C(C)C. The van der Waals surface area contributed by atoms with Crippen molar-refractivity contribution in [1.29, 1.82) is 0 Å². The second kappa shape index (κ2) is 6.46. The Morgan fingerprint density at radius 2 is 1.60 bits per heavy atom. The molecule has 0 atom stereocenters. The maximum absolute atomic E-state index is 4.37. The average Bonchev–Trinajstić information content (AvgIpc) is 2.18. The second-order valence-electron chi connectivity index (χ2n) is 4.94. The monoisotopic (exact) mass is 212 g/mol. The summed E-state index contributed by atoms with van der Waals surface area (Å²) in [5, 5.41) is 4.37. The topological polar surface area (TPSA) is 20.6 Å². The predicted octanol–water partition coefficient (Wildman–Crippen LogP) is 1.03. The molecule has 3 heteroatoms. The van der Waals surface area contributed by atoms with Gasteiger partial charge in [-0.15, -0.1) is 0 Å². The quantitative estimate of drug-likeness (QED) is 0.678. The van der Waals surface area contributed by atoms with Gasteiger partial charge in [0.25, 0.3) is 0 Å². The maximum Gasteiger partial charge on any atom is 0.0261 e. The molecule has 0 N–H and O–H groups in total. The van der Waals surface area contributed by atoms with Crippen LogP contribution in [0.15, 0.2) is 0 Å². The van der Waals surface area contributed by atoms with Crippen molar-refractivity contribution < 1.29 is 0 Å². The zero-order valence-corrected chi connectivity index (χ0v) is 10.7. The minimum Gasteiger partial charge on any atom is -0.299 e. The Labute approximate surface area is 94.8 Å². The summed E-state index contributed by atoms with van der Waals surface area (Å²) >= 11 is 0. The summed E-state index contributed by atoms with van der Waals surface area (Å²) in [5.74, 6) is 0. The van der Waals surface area contributed by atoms with E-state index in [4.69, 9.17) is 0 Å². The molecule has 15 heavy (non-hydrogen) atoms. The van der Waals surface area contributed by atoms with Crippen LogP contribution in [0.3, 0.4) is 0 Å². The minimum absolute atomic E-state index is 0.652. The van der Waals surface area contributed by atoms with Gasteiger partial charge >= 0.3 is 0 Å². The summed E-state index contributed by atoms with van der Waals surface area (Å²) in [7, 11) is 0. The normalized spacial score (nSPS) is 19.4. The maximum atomic E-state index is 4.37. The molecule has 0 aromatic rings. The van der Waals surface area contributed by atoms with E-state index in [2.05, 4.69) is 42.8 Å². The molecule has 1 saturated heterocycles. The first kappa shape index (κ1) is 12.9. The van der Waals surface area contributed by atoms with Crippen LogP contribution in [0.2, 0.25) is 0 Å². The summed E-state index contributed by atoms with van der Waals surface area (Å²) in [6, 6.07) is 1.30. The van der Waals surface area contributed by atoms with Crippen LogP contribution in [0.4, 0.5) is 0 Å². The molecular weight excluding hydrogens is 186 g/mol. The van der Waals surface area contributed by atoms with Gasteiger partial charge in [0.2, 0.25) is 0 Å². The zero-order chi connectivity index (χ0) is 11.3. The average molecular weight is 212 g/mol. The van der Waals surface area contributed by atoms with Gasteiger partial charge in [0.15, 0.2) is 0 Å². The Morgan fingerprint density at radius 1 is 1.07 bits per heavy atom. The molecule has 1 fully saturated rings. The van der Waals surface area contributed by atoms with Crippen LogP contribution >= 0.6 is 0 Å². The van der Waals surface area contributed by atoms with E-state index in [1.165, 1.54) is 13.1 Å². The molecule has 1 radical (unpaired) electrons. The van der Waals surface area contributed by atoms with Gasteiger partial charge < -0.3 is 0 Å².